The number of benzene rings is 2. The summed E-state index contributed by atoms with van der Waals surface area (Å²) in [4.78, 5) is 12.3. The van der Waals surface area contributed by atoms with Gasteiger partial charge >= 0.3 is 0 Å². The van der Waals surface area contributed by atoms with Crippen LogP contribution in [0.25, 0.3) is 0 Å². The van der Waals surface area contributed by atoms with Crippen LogP contribution in [0.5, 0.6) is 0 Å². The van der Waals surface area contributed by atoms with Crippen LogP contribution in [0, 0.1) is 13.8 Å². The quantitative estimate of drug-likeness (QED) is 0.888. The zero-order valence-corrected chi connectivity index (χ0v) is 12.7. The van der Waals surface area contributed by atoms with Crippen LogP contribution in [0.3, 0.4) is 0 Å². The Balaban J connectivity index is 2.17. The molecule has 104 valence electrons. The van der Waals surface area contributed by atoms with Crippen molar-refractivity contribution in [2.75, 3.05) is 0 Å². The van der Waals surface area contributed by atoms with Crippen molar-refractivity contribution in [3.63, 3.8) is 0 Å². The Morgan fingerprint density at radius 3 is 2.50 bits per heavy atom. The molecule has 1 amide bonds. The normalized spacial score (nSPS) is 12.0. The molecule has 0 aliphatic rings. The maximum atomic E-state index is 12.3. The van der Waals surface area contributed by atoms with Gasteiger partial charge in [0.2, 0.25) is 0 Å². The van der Waals surface area contributed by atoms with Crippen LogP contribution in [0.15, 0.2) is 42.5 Å². The van der Waals surface area contributed by atoms with Crippen molar-refractivity contribution in [3.8, 4) is 0 Å². The van der Waals surface area contributed by atoms with Gasteiger partial charge in [-0.2, -0.15) is 0 Å². The van der Waals surface area contributed by atoms with Gasteiger partial charge in [-0.25, -0.2) is 0 Å². The van der Waals surface area contributed by atoms with Crippen LogP contribution in [0.2, 0.25) is 5.02 Å². The van der Waals surface area contributed by atoms with Crippen LogP contribution < -0.4 is 5.32 Å². The van der Waals surface area contributed by atoms with Gasteiger partial charge in [0.05, 0.1) is 6.04 Å². The number of hydrogen-bond donors (Lipinski definition) is 1. The van der Waals surface area contributed by atoms with E-state index in [0.717, 1.165) is 16.7 Å². The van der Waals surface area contributed by atoms with Crippen molar-refractivity contribution in [1.82, 2.24) is 5.32 Å². The zero-order chi connectivity index (χ0) is 14.7. The van der Waals surface area contributed by atoms with Crippen LogP contribution in [-0.2, 0) is 0 Å². The van der Waals surface area contributed by atoms with Gasteiger partial charge in [0.15, 0.2) is 0 Å². The van der Waals surface area contributed by atoms with Gasteiger partial charge in [0.1, 0.15) is 0 Å². The second kappa shape index (κ2) is 6.10. The molecular weight excluding hydrogens is 270 g/mol. The number of hydrogen-bond acceptors (Lipinski definition) is 1. The lowest BCUT2D eigenvalue weighted by molar-refractivity contribution is 0.0939. The van der Waals surface area contributed by atoms with E-state index in [1.807, 2.05) is 63.2 Å². The van der Waals surface area contributed by atoms with E-state index in [0.29, 0.717) is 10.6 Å². The fourth-order valence-corrected chi connectivity index (χ4v) is 2.55. The molecule has 0 aliphatic carbocycles. The number of nitrogens with one attached hydrogen (secondary N) is 1. The van der Waals surface area contributed by atoms with E-state index in [-0.39, 0.29) is 11.9 Å². The van der Waals surface area contributed by atoms with Gasteiger partial charge < -0.3 is 5.32 Å². The smallest absolute Gasteiger partial charge is 0.252 e. The molecule has 0 spiro atoms. The van der Waals surface area contributed by atoms with Gasteiger partial charge in [0, 0.05) is 10.6 Å². The maximum Gasteiger partial charge on any atom is 0.252 e. The SMILES string of the molecule is Cc1ccc(C(=O)NC(C)c2ccccc2Cl)c(C)c1. The third-order valence-corrected chi connectivity index (χ3v) is 3.69. The van der Waals surface area contributed by atoms with E-state index in [1.165, 1.54) is 0 Å². The fraction of sp³-hybridized carbons (Fsp3) is 0.235. The molecule has 20 heavy (non-hydrogen) atoms. The molecule has 1 unspecified atom stereocenters. The average molecular weight is 288 g/mol. The first-order valence-electron chi connectivity index (χ1n) is 6.61. The lowest BCUT2D eigenvalue weighted by atomic mass is 10.0. The second-order valence-electron chi connectivity index (χ2n) is 5.04. The van der Waals surface area contributed by atoms with Crippen molar-refractivity contribution in [2.45, 2.75) is 26.8 Å². The highest BCUT2D eigenvalue weighted by Gasteiger charge is 2.14. The molecule has 0 fully saturated rings. The highest BCUT2D eigenvalue weighted by molar-refractivity contribution is 6.31. The standard InChI is InChI=1S/C17H18ClNO/c1-11-8-9-14(12(2)10-11)17(20)19-13(3)15-6-4-5-7-16(15)18/h4-10,13H,1-3H3,(H,19,20). The van der Waals surface area contributed by atoms with Crippen LogP contribution in [-0.4, -0.2) is 5.91 Å². The van der Waals surface area contributed by atoms with Crippen molar-refractivity contribution in [1.29, 1.82) is 0 Å². The molecule has 0 aliphatic heterocycles. The summed E-state index contributed by atoms with van der Waals surface area (Å²) in [7, 11) is 0. The Morgan fingerprint density at radius 1 is 1.15 bits per heavy atom. The molecule has 1 N–H and O–H groups in total. The van der Waals surface area contributed by atoms with E-state index >= 15 is 0 Å². The number of aryl methyl sites for hydroxylation is 2. The summed E-state index contributed by atoms with van der Waals surface area (Å²) in [6.45, 7) is 5.89. The largest absolute Gasteiger partial charge is 0.345 e. The summed E-state index contributed by atoms with van der Waals surface area (Å²) in [6, 6.07) is 13.2. The third kappa shape index (κ3) is 3.20. The Bertz CT molecular complexity index is 637. The van der Waals surface area contributed by atoms with Gasteiger partial charge in [-0.1, -0.05) is 47.5 Å². The average Bonchev–Trinajstić information content (AvgIpc) is 2.38. The van der Waals surface area contributed by atoms with E-state index in [2.05, 4.69) is 5.32 Å². The van der Waals surface area contributed by atoms with E-state index < -0.39 is 0 Å². The molecule has 0 bridgehead atoms. The molecule has 0 heterocycles. The number of halogens is 1. The summed E-state index contributed by atoms with van der Waals surface area (Å²) >= 11 is 6.15. The molecule has 0 saturated carbocycles. The molecule has 2 nitrogen and oxygen atoms in total. The minimum Gasteiger partial charge on any atom is -0.345 e. The summed E-state index contributed by atoms with van der Waals surface area (Å²) in [6.07, 6.45) is 0. The van der Waals surface area contributed by atoms with Crippen LogP contribution in [0.1, 0.15) is 40.0 Å². The first kappa shape index (κ1) is 14.6. The van der Waals surface area contributed by atoms with Crippen molar-refractivity contribution >= 4 is 17.5 Å². The van der Waals surface area contributed by atoms with Gasteiger partial charge in [0.25, 0.3) is 5.91 Å². The van der Waals surface area contributed by atoms with Crippen molar-refractivity contribution in [3.05, 3.63) is 69.7 Å². The molecule has 3 heteroatoms. The first-order valence-corrected chi connectivity index (χ1v) is 6.99. The predicted molar refractivity (Wildman–Crippen MR) is 83.2 cm³/mol. The maximum absolute atomic E-state index is 12.3. The van der Waals surface area contributed by atoms with E-state index in [9.17, 15) is 4.79 Å². The topological polar surface area (TPSA) is 29.1 Å². The summed E-state index contributed by atoms with van der Waals surface area (Å²) in [5.41, 5.74) is 3.76. The number of rotatable bonds is 3. The fourth-order valence-electron chi connectivity index (χ4n) is 2.25. The Morgan fingerprint density at radius 2 is 1.85 bits per heavy atom. The number of carbonyl (C=O) groups excluding carboxylic acids is 1. The van der Waals surface area contributed by atoms with E-state index in [1.54, 1.807) is 0 Å². The zero-order valence-electron chi connectivity index (χ0n) is 11.9. The highest BCUT2D eigenvalue weighted by Crippen LogP contribution is 2.22. The molecule has 1 atom stereocenters. The molecule has 0 radical (unpaired) electrons. The van der Waals surface area contributed by atoms with Gasteiger partial charge in [-0.15, -0.1) is 0 Å². The monoisotopic (exact) mass is 287 g/mol. The molecule has 2 aromatic rings. The highest BCUT2D eigenvalue weighted by atomic mass is 35.5. The lowest BCUT2D eigenvalue weighted by Gasteiger charge is -2.16. The molecule has 2 aromatic carbocycles. The minimum absolute atomic E-state index is 0.0741. The minimum atomic E-state index is -0.128. The van der Waals surface area contributed by atoms with Gasteiger partial charge in [-0.3, -0.25) is 4.79 Å². The number of carbonyl (C=O) groups is 1. The summed E-state index contributed by atoms with van der Waals surface area (Å²) in [5.74, 6) is -0.0741. The predicted octanol–water partition coefficient (Wildman–Crippen LogP) is 4.45. The van der Waals surface area contributed by atoms with Crippen molar-refractivity contribution in [2.24, 2.45) is 0 Å². The molecule has 0 saturated heterocycles. The lowest BCUT2D eigenvalue weighted by Crippen LogP contribution is -2.27. The van der Waals surface area contributed by atoms with Crippen LogP contribution >= 0.6 is 11.6 Å². The number of amides is 1. The summed E-state index contributed by atoms with van der Waals surface area (Å²) in [5, 5.41) is 3.66. The van der Waals surface area contributed by atoms with Crippen LogP contribution in [0.4, 0.5) is 0 Å². The third-order valence-electron chi connectivity index (χ3n) is 3.35. The Kier molecular flexibility index (Phi) is 4.46. The first-order chi connectivity index (χ1) is 9.49. The Labute approximate surface area is 124 Å². The molecule has 2 rings (SSSR count). The van der Waals surface area contributed by atoms with E-state index in [4.69, 9.17) is 11.6 Å². The van der Waals surface area contributed by atoms with Crippen molar-refractivity contribution < 1.29 is 4.79 Å². The summed E-state index contributed by atoms with van der Waals surface area (Å²) < 4.78 is 0. The molecule has 0 aromatic heterocycles. The van der Waals surface area contributed by atoms with Gasteiger partial charge in [-0.05, 0) is 44.0 Å². The Hall–Kier alpha value is -1.80. The second-order valence-corrected chi connectivity index (χ2v) is 5.44. The molecular formula is C17H18ClNO.